The van der Waals surface area contributed by atoms with Gasteiger partial charge in [0.15, 0.2) is 0 Å². The lowest BCUT2D eigenvalue weighted by Crippen LogP contribution is -2.24. The van der Waals surface area contributed by atoms with E-state index in [2.05, 4.69) is 15.6 Å². The normalized spacial score (nSPS) is 9.84. The average molecular weight is 273 g/mol. The van der Waals surface area contributed by atoms with Gasteiger partial charge in [-0.3, -0.25) is 10.2 Å². The van der Waals surface area contributed by atoms with Crippen LogP contribution in [0.15, 0.2) is 41.8 Å². The molecule has 19 heavy (non-hydrogen) atoms. The van der Waals surface area contributed by atoms with E-state index in [-0.39, 0.29) is 18.1 Å². The maximum absolute atomic E-state index is 11.8. The SMILES string of the molecule is N#CCSc1nncn1NC(=O)Cc1ccccc1. The van der Waals surface area contributed by atoms with Crippen LogP contribution in [0.5, 0.6) is 0 Å². The lowest BCUT2D eigenvalue weighted by molar-refractivity contribution is -0.116. The molecule has 0 unspecified atom stereocenters. The average Bonchev–Trinajstić information content (AvgIpc) is 2.84. The second-order valence-electron chi connectivity index (χ2n) is 3.63. The monoisotopic (exact) mass is 273 g/mol. The van der Waals surface area contributed by atoms with Gasteiger partial charge in [-0.2, -0.15) is 5.26 Å². The summed E-state index contributed by atoms with van der Waals surface area (Å²) in [6.07, 6.45) is 1.68. The van der Waals surface area contributed by atoms with E-state index >= 15 is 0 Å². The predicted octanol–water partition coefficient (Wildman–Crippen LogP) is 1.21. The number of thioether (sulfide) groups is 1. The summed E-state index contributed by atoms with van der Waals surface area (Å²) >= 11 is 1.22. The van der Waals surface area contributed by atoms with Crippen molar-refractivity contribution in [1.29, 1.82) is 5.26 Å². The first-order valence-corrected chi connectivity index (χ1v) is 6.51. The molecule has 0 saturated heterocycles. The van der Waals surface area contributed by atoms with Gasteiger partial charge in [0.2, 0.25) is 11.1 Å². The van der Waals surface area contributed by atoms with E-state index in [0.29, 0.717) is 5.16 Å². The van der Waals surface area contributed by atoms with Gasteiger partial charge in [-0.25, -0.2) is 4.68 Å². The molecule has 0 spiro atoms. The van der Waals surface area contributed by atoms with Crippen molar-refractivity contribution in [1.82, 2.24) is 14.9 Å². The van der Waals surface area contributed by atoms with Crippen molar-refractivity contribution in [2.75, 3.05) is 11.2 Å². The third kappa shape index (κ3) is 3.82. The van der Waals surface area contributed by atoms with Crippen LogP contribution in [0, 0.1) is 11.3 Å². The number of aromatic nitrogens is 3. The summed E-state index contributed by atoms with van der Waals surface area (Å²) in [5.41, 5.74) is 3.60. The molecule has 1 aromatic carbocycles. The summed E-state index contributed by atoms with van der Waals surface area (Å²) in [6, 6.07) is 11.4. The van der Waals surface area contributed by atoms with Crippen LogP contribution in [-0.4, -0.2) is 26.5 Å². The number of amides is 1. The Labute approximate surface area is 114 Å². The third-order valence-corrected chi connectivity index (χ3v) is 3.04. The van der Waals surface area contributed by atoms with Gasteiger partial charge in [0.1, 0.15) is 6.33 Å². The number of hydrogen-bond acceptors (Lipinski definition) is 5. The Morgan fingerprint density at radius 1 is 1.42 bits per heavy atom. The van der Waals surface area contributed by atoms with Crippen LogP contribution in [0.25, 0.3) is 0 Å². The van der Waals surface area contributed by atoms with Crippen molar-refractivity contribution in [2.45, 2.75) is 11.6 Å². The molecule has 0 aliphatic carbocycles. The summed E-state index contributed by atoms with van der Waals surface area (Å²) in [7, 11) is 0. The highest BCUT2D eigenvalue weighted by atomic mass is 32.2. The van der Waals surface area contributed by atoms with Crippen LogP contribution in [0.3, 0.4) is 0 Å². The number of nitrogens with one attached hydrogen (secondary N) is 1. The molecule has 6 nitrogen and oxygen atoms in total. The Balaban J connectivity index is 1.96. The van der Waals surface area contributed by atoms with Crippen molar-refractivity contribution in [3.63, 3.8) is 0 Å². The van der Waals surface area contributed by atoms with E-state index in [0.717, 1.165) is 5.56 Å². The Morgan fingerprint density at radius 2 is 2.21 bits per heavy atom. The highest BCUT2D eigenvalue weighted by molar-refractivity contribution is 7.99. The molecule has 0 atom stereocenters. The molecule has 0 radical (unpaired) electrons. The molecule has 0 bridgehead atoms. The molecule has 2 aromatic rings. The van der Waals surface area contributed by atoms with Gasteiger partial charge in [-0.05, 0) is 5.56 Å². The quantitative estimate of drug-likeness (QED) is 0.828. The molecular formula is C12H11N5OS. The second-order valence-corrected chi connectivity index (χ2v) is 4.57. The van der Waals surface area contributed by atoms with Gasteiger partial charge in [0.25, 0.3) is 0 Å². The lowest BCUT2D eigenvalue weighted by Gasteiger charge is -2.07. The van der Waals surface area contributed by atoms with Crippen LogP contribution in [0.4, 0.5) is 0 Å². The molecule has 7 heteroatoms. The van der Waals surface area contributed by atoms with E-state index < -0.39 is 0 Å². The smallest absolute Gasteiger partial charge is 0.243 e. The number of nitrogens with zero attached hydrogens (tertiary/aromatic N) is 4. The zero-order valence-corrected chi connectivity index (χ0v) is 10.8. The molecule has 0 fully saturated rings. The van der Waals surface area contributed by atoms with Gasteiger partial charge < -0.3 is 0 Å². The minimum absolute atomic E-state index is 0.162. The molecule has 1 heterocycles. The van der Waals surface area contributed by atoms with Crippen LogP contribution >= 0.6 is 11.8 Å². The summed E-state index contributed by atoms with van der Waals surface area (Å²) in [6.45, 7) is 0. The largest absolute Gasteiger partial charge is 0.273 e. The number of benzene rings is 1. The first kappa shape index (κ1) is 13.1. The van der Waals surface area contributed by atoms with Gasteiger partial charge in [-0.1, -0.05) is 42.1 Å². The van der Waals surface area contributed by atoms with E-state index in [1.54, 1.807) is 0 Å². The van der Waals surface area contributed by atoms with Crippen molar-refractivity contribution in [3.8, 4) is 6.07 Å². The van der Waals surface area contributed by atoms with Gasteiger partial charge in [0.05, 0.1) is 18.2 Å². The lowest BCUT2D eigenvalue weighted by atomic mass is 10.1. The van der Waals surface area contributed by atoms with Crippen molar-refractivity contribution < 1.29 is 4.79 Å². The second kappa shape index (κ2) is 6.56. The maximum Gasteiger partial charge on any atom is 0.243 e. The standard InChI is InChI=1S/C12H11N5OS/c13-6-7-19-12-15-14-9-17(12)16-11(18)8-10-4-2-1-3-5-10/h1-5,9H,7-8H2,(H,16,18). The number of carbonyl (C=O) groups excluding carboxylic acids is 1. The number of nitriles is 1. The minimum Gasteiger partial charge on any atom is -0.273 e. The van der Waals surface area contributed by atoms with Gasteiger partial charge >= 0.3 is 0 Å². The van der Waals surface area contributed by atoms with E-state index in [1.807, 2.05) is 36.4 Å². The van der Waals surface area contributed by atoms with Crippen LogP contribution in [-0.2, 0) is 11.2 Å². The molecule has 0 saturated carbocycles. The highest BCUT2D eigenvalue weighted by Crippen LogP contribution is 2.12. The number of hydrogen-bond donors (Lipinski definition) is 1. The fourth-order valence-electron chi connectivity index (χ4n) is 1.45. The molecular weight excluding hydrogens is 262 g/mol. The van der Waals surface area contributed by atoms with E-state index in [9.17, 15) is 4.79 Å². The Bertz CT molecular complexity index is 590. The Kier molecular flexibility index (Phi) is 4.53. The Morgan fingerprint density at radius 3 is 2.95 bits per heavy atom. The molecule has 96 valence electrons. The predicted molar refractivity (Wildman–Crippen MR) is 70.9 cm³/mol. The molecule has 1 aromatic heterocycles. The van der Waals surface area contributed by atoms with Crippen molar-refractivity contribution in [3.05, 3.63) is 42.2 Å². The van der Waals surface area contributed by atoms with Crippen LogP contribution in [0.1, 0.15) is 5.56 Å². The first-order chi connectivity index (χ1) is 9.29. The van der Waals surface area contributed by atoms with Crippen molar-refractivity contribution >= 4 is 17.7 Å². The third-order valence-electron chi connectivity index (χ3n) is 2.23. The topological polar surface area (TPSA) is 83.6 Å². The summed E-state index contributed by atoms with van der Waals surface area (Å²) < 4.78 is 1.42. The summed E-state index contributed by atoms with van der Waals surface area (Å²) in [4.78, 5) is 11.8. The van der Waals surface area contributed by atoms with Gasteiger partial charge in [-0.15, -0.1) is 10.2 Å². The van der Waals surface area contributed by atoms with Crippen LogP contribution < -0.4 is 5.43 Å². The molecule has 0 aliphatic rings. The Hall–Kier alpha value is -2.33. The molecule has 1 amide bonds. The first-order valence-electron chi connectivity index (χ1n) is 5.53. The molecule has 1 N–H and O–H groups in total. The summed E-state index contributed by atoms with van der Waals surface area (Å²) in [5, 5.41) is 16.5. The minimum atomic E-state index is -0.162. The van der Waals surface area contributed by atoms with Gasteiger partial charge in [0, 0.05) is 0 Å². The zero-order chi connectivity index (χ0) is 13.5. The fourth-order valence-corrected chi connectivity index (χ4v) is 1.98. The maximum atomic E-state index is 11.8. The highest BCUT2D eigenvalue weighted by Gasteiger charge is 2.08. The van der Waals surface area contributed by atoms with E-state index in [4.69, 9.17) is 5.26 Å². The number of carbonyl (C=O) groups is 1. The fraction of sp³-hybridized carbons (Fsp3) is 0.167. The summed E-state index contributed by atoms with van der Waals surface area (Å²) in [5.74, 6) is 0.0950. The zero-order valence-electron chi connectivity index (χ0n) is 9.98. The molecule has 0 aliphatic heterocycles. The number of rotatable bonds is 5. The van der Waals surface area contributed by atoms with Crippen molar-refractivity contribution in [2.24, 2.45) is 0 Å². The molecule has 2 rings (SSSR count). The van der Waals surface area contributed by atoms with E-state index in [1.165, 1.54) is 22.8 Å². The van der Waals surface area contributed by atoms with Crippen LogP contribution in [0.2, 0.25) is 0 Å².